The highest BCUT2D eigenvalue weighted by molar-refractivity contribution is 7.99. The molecule has 2 aromatic carbocycles. The topological polar surface area (TPSA) is 154 Å². The van der Waals surface area contributed by atoms with Gasteiger partial charge >= 0.3 is 0 Å². The number of aromatic nitrogens is 5. The van der Waals surface area contributed by atoms with Crippen LogP contribution in [0.2, 0.25) is 0 Å². The first-order chi connectivity index (χ1) is 19.7. The zero-order chi connectivity index (χ0) is 29.0. The Labute approximate surface area is 240 Å². The van der Waals surface area contributed by atoms with E-state index in [2.05, 4.69) is 30.2 Å². The van der Waals surface area contributed by atoms with Crippen LogP contribution in [-0.4, -0.2) is 51.9 Å². The summed E-state index contributed by atoms with van der Waals surface area (Å²) in [4.78, 5) is 21.1. The molecule has 14 heteroatoms. The molecule has 5 rings (SSSR count). The van der Waals surface area contributed by atoms with Crippen LogP contribution in [-0.2, 0) is 14.8 Å². The number of sulfonamides is 1. The molecular formula is C27H25N7O5S2. The number of methoxy groups -OCH3 is 1. The first kappa shape index (κ1) is 27.9. The molecule has 0 spiro atoms. The molecular weight excluding hydrogens is 566 g/mol. The Morgan fingerprint density at radius 3 is 2.44 bits per heavy atom. The molecule has 210 valence electrons. The van der Waals surface area contributed by atoms with Gasteiger partial charge in [0.25, 0.3) is 10.0 Å². The molecule has 0 aliphatic carbocycles. The lowest BCUT2D eigenvalue weighted by atomic mass is 10.3. The summed E-state index contributed by atoms with van der Waals surface area (Å²) in [5.41, 5.74) is 1.85. The maximum absolute atomic E-state index is 12.8. The minimum Gasteiger partial charge on any atom is -0.497 e. The highest BCUT2D eigenvalue weighted by Gasteiger charge is 2.20. The number of hydrogen-bond acceptors (Lipinski definition) is 10. The smallest absolute Gasteiger partial charge is 0.263 e. The summed E-state index contributed by atoms with van der Waals surface area (Å²) in [6.07, 6.45) is 1.55. The van der Waals surface area contributed by atoms with Gasteiger partial charge in [0.1, 0.15) is 17.4 Å². The van der Waals surface area contributed by atoms with E-state index in [-0.39, 0.29) is 22.4 Å². The van der Waals surface area contributed by atoms with Crippen LogP contribution >= 0.6 is 11.8 Å². The van der Waals surface area contributed by atoms with Gasteiger partial charge in [0.05, 0.1) is 29.7 Å². The fourth-order valence-electron chi connectivity index (χ4n) is 3.90. The van der Waals surface area contributed by atoms with Crippen molar-refractivity contribution in [3.05, 3.63) is 84.5 Å². The number of aryl methyl sites for hydroxylation is 2. The molecule has 3 heterocycles. The van der Waals surface area contributed by atoms with Gasteiger partial charge < -0.3 is 14.5 Å². The fourth-order valence-corrected chi connectivity index (χ4v) is 5.65. The van der Waals surface area contributed by atoms with Crippen molar-refractivity contribution in [1.82, 2.24) is 24.7 Å². The van der Waals surface area contributed by atoms with E-state index in [1.165, 1.54) is 36.0 Å². The molecule has 0 saturated carbocycles. The second-order valence-corrected chi connectivity index (χ2v) is 11.4. The number of carbonyl (C=O) groups is 1. The molecule has 2 N–H and O–H groups in total. The van der Waals surface area contributed by atoms with Crippen LogP contribution in [0.4, 0.5) is 11.5 Å². The summed E-state index contributed by atoms with van der Waals surface area (Å²) in [7, 11) is -2.29. The summed E-state index contributed by atoms with van der Waals surface area (Å²) in [5.74, 6) is 2.07. The van der Waals surface area contributed by atoms with Crippen LogP contribution in [0.5, 0.6) is 5.75 Å². The summed E-state index contributed by atoms with van der Waals surface area (Å²) >= 11 is 1.19. The zero-order valence-electron chi connectivity index (χ0n) is 22.2. The summed E-state index contributed by atoms with van der Waals surface area (Å²) < 4.78 is 40.6. The van der Waals surface area contributed by atoms with Gasteiger partial charge in [0.2, 0.25) is 11.7 Å². The number of anilines is 2. The monoisotopic (exact) mass is 591 g/mol. The summed E-state index contributed by atoms with van der Waals surface area (Å²) in [6, 6.07) is 18.3. The fraction of sp³-hybridized carbons (Fsp3) is 0.148. The second kappa shape index (κ2) is 11.8. The molecule has 0 atom stereocenters. The lowest BCUT2D eigenvalue weighted by Gasteiger charge is -2.11. The van der Waals surface area contributed by atoms with E-state index < -0.39 is 10.0 Å². The lowest BCUT2D eigenvalue weighted by molar-refractivity contribution is -0.113. The number of thioether (sulfide) groups is 1. The molecule has 1 amide bonds. The van der Waals surface area contributed by atoms with Crippen molar-refractivity contribution in [2.45, 2.75) is 23.9 Å². The van der Waals surface area contributed by atoms with Crippen molar-refractivity contribution < 1.29 is 22.4 Å². The van der Waals surface area contributed by atoms with E-state index in [4.69, 9.17) is 9.15 Å². The van der Waals surface area contributed by atoms with Crippen LogP contribution in [0.1, 0.15) is 11.5 Å². The van der Waals surface area contributed by atoms with Crippen molar-refractivity contribution in [2.75, 3.05) is 22.9 Å². The first-order valence-corrected chi connectivity index (χ1v) is 14.7. The normalized spacial score (nSPS) is 11.3. The number of nitrogens with zero attached hydrogens (tertiary/aromatic N) is 5. The van der Waals surface area contributed by atoms with Gasteiger partial charge in [0, 0.05) is 17.4 Å². The Morgan fingerprint density at radius 2 is 1.78 bits per heavy atom. The zero-order valence-corrected chi connectivity index (χ0v) is 23.9. The largest absolute Gasteiger partial charge is 0.497 e. The third-order valence-corrected chi connectivity index (χ3v) is 7.99. The Hall–Kier alpha value is -4.69. The van der Waals surface area contributed by atoms with Crippen LogP contribution in [0.25, 0.3) is 17.3 Å². The van der Waals surface area contributed by atoms with Crippen molar-refractivity contribution in [2.24, 2.45) is 0 Å². The lowest BCUT2D eigenvalue weighted by Crippen LogP contribution is -2.16. The van der Waals surface area contributed by atoms with Gasteiger partial charge in [-0.1, -0.05) is 11.8 Å². The number of rotatable bonds is 10. The number of furan rings is 1. The van der Waals surface area contributed by atoms with E-state index in [9.17, 15) is 13.2 Å². The number of benzene rings is 2. The van der Waals surface area contributed by atoms with Crippen LogP contribution in [0, 0.1) is 13.8 Å². The number of ether oxygens (including phenoxy) is 1. The quantitative estimate of drug-likeness (QED) is 0.222. The predicted octanol–water partition coefficient (Wildman–Crippen LogP) is 4.47. The third-order valence-electron chi connectivity index (χ3n) is 5.69. The standard InChI is InChI=1S/C27H25N7O5S2/c1-17-15-24(29-18(2)28-17)33-41(36,37)22-12-6-19(7-13-22)30-25(35)16-40-27-32-31-26(23-5-4-14-39-23)34(27)20-8-10-21(38-3)11-9-20/h4-15H,16H2,1-3H3,(H,30,35)(H,28,29,33). The molecule has 41 heavy (non-hydrogen) atoms. The van der Waals surface area contributed by atoms with Crippen LogP contribution in [0.15, 0.2) is 87.5 Å². The molecule has 0 fully saturated rings. The van der Waals surface area contributed by atoms with Gasteiger partial charge in [-0.05, 0) is 74.5 Å². The Balaban J connectivity index is 1.26. The van der Waals surface area contributed by atoms with Gasteiger partial charge in [-0.3, -0.25) is 14.1 Å². The molecule has 0 aliphatic heterocycles. The number of amides is 1. The molecule has 0 aliphatic rings. The number of hydrogen-bond donors (Lipinski definition) is 2. The van der Waals surface area contributed by atoms with Crippen molar-refractivity contribution >= 4 is 39.2 Å². The highest BCUT2D eigenvalue weighted by atomic mass is 32.2. The molecule has 12 nitrogen and oxygen atoms in total. The van der Waals surface area contributed by atoms with Gasteiger partial charge in [-0.2, -0.15) is 0 Å². The second-order valence-electron chi connectivity index (χ2n) is 8.73. The maximum atomic E-state index is 12.8. The maximum Gasteiger partial charge on any atom is 0.263 e. The molecule has 3 aromatic heterocycles. The molecule has 0 saturated heterocycles. The van der Waals surface area contributed by atoms with Crippen molar-refractivity contribution in [3.8, 4) is 23.0 Å². The number of carbonyl (C=O) groups excluding carboxylic acids is 1. The number of nitrogens with one attached hydrogen (secondary N) is 2. The Kier molecular flexibility index (Phi) is 8.03. The average molecular weight is 592 g/mol. The van der Waals surface area contributed by atoms with E-state index >= 15 is 0 Å². The minimum absolute atomic E-state index is 0.0249. The summed E-state index contributed by atoms with van der Waals surface area (Å²) in [6.45, 7) is 3.44. The molecule has 0 radical (unpaired) electrons. The van der Waals surface area contributed by atoms with Gasteiger partial charge in [-0.25, -0.2) is 18.4 Å². The van der Waals surface area contributed by atoms with Gasteiger partial charge in [-0.15, -0.1) is 10.2 Å². The molecule has 0 bridgehead atoms. The molecule has 0 unspecified atom stereocenters. The third kappa shape index (κ3) is 6.56. The Morgan fingerprint density at radius 1 is 1.02 bits per heavy atom. The van der Waals surface area contributed by atoms with Crippen LogP contribution in [0.3, 0.4) is 0 Å². The highest BCUT2D eigenvalue weighted by Crippen LogP contribution is 2.29. The minimum atomic E-state index is -3.88. The average Bonchev–Trinajstić information content (AvgIpc) is 3.62. The summed E-state index contributed by atoms with van der Waals surface area (Å²) in [5, 5.41) is 11.8. The van der Waals surface area contributed by atoms with Crippen molar-refractivity contribution in [3.63, 3.8) is 0 Å². The SMILES string of the molecule is COc1ccc(-n2c(SCC(=O)Nc3ccc(S(=O)(=O)Nc4cc(C)nc(C)n4)cc3)nnc2-c2ccco2)cc1. The van der Waals surface area contributed by atoms with E-state index in [0.717, 1.165) is 5.69 Å². The van der Waals surface area contributed by atoms with Crippen LogP contribution < -0.4 is 14.8 Å². The molecule has 5 aromatic rings. The first-order valence-electron chi connectivity index (χ1n) is 12.2. The van der Waals surface area contributed by atoms with E-state index in [0.29, 0.717) is 39.7 Å². The van der Waals surface area contributed by atoms with Gasteiger partial charge in [0.15, 0.2) is 10.9 Å². The van der Waals surface area contributed by atoms with E-state index in [1.54, 1.807) is 50.0 Å². The van der Waals surface area contributed by atoms with Crippen molar-refractivity contribution in [1.29, 1.82) is 0 Å². The Bertz CT molecular complexity index is 1750. The van der Waals surface area contributed by atoms with E-state index in [1.807, 2.05) is 24.3 Å². The predicted molar refractivity (Wildman–Crippen MR) is 154 cm³/mol.